The van der Waals surface area contributed by atoms with Gasteiger partial charge in [0.25, 0.3) is 0 Å². The summed E-state index contributed by atoms with van der Waals surface area (Å²) in [6.07, 6.45) is 4.87. The maximum Gasteiger partial charge on any atom is 0.0629 e. The molecule has 0 spiro atoms. The van der Waals surface area contributed by atoms with Gasteiger partial charge in [-0.2, -0.15) is 5.10 Å². The van der Waals surface area contributed by atoms with E-state index in [4.69, 9.17) is 10.6 Å². The van der Waals surface area contributed by atoms with Crippen LogP contribution in [0.2, 0.25) is 0 Å². The molecule has 0 aliphatic rings. The van der Waals surface area contributed by atoms with Crippen LogP contribution in [0.1, 0.15) is 44.8 Å². The highest BCUT2D eigenvalue weighted by Crippen LogP contribution is 2.17. The van der Waals surface area contributed by atoms with Crippen LogP contribution >= 0.6 is 0 Å². The topological polar surface area (TPSA) is 65.1 Å². The van der Waals surface area contributed by atoms with E-state index in [2.05, 4.69) is 17.4 Å². The Bertz CT molecular complexity index is 300. The van der Waals surface area contributed by atoms with Crippen LogP contribution in [0.3, 0.4) is 0 Å². The van der Waals surface area contributed by atoms with E-state index < -0.39 is 0 Å². The second kappa shape index (κ2) is 8.22. The van der Waals surface area contributed by atoms with E-state index in [1.165, 1.54) is 0 Å². The largest absolute Gasteiger partial charge is 0.382 e. The molecule has 3 N–H and O–H groups in total. The molecule has 0 fully saturated rings. The van der Waals surface area contributed by atoms with Crippen LogP contribution in [-0.2, 0) is 11.3 Å². The number of nitrogens with one attached hydrogen (secondary N) is 1. The highest BCUT2D eigenvalue weighted by Gasteiger charge is 2.13. The molecule has 5 heteroatoms. The molecular weight excluding hydrogens is 216 g/mol. The molecular formula is C12H24N4O. The highest BCUT2D eigenvalue weighted by atomic mass is 16.5. The summed E-state index contributed by atoms with van der Waals surface area (Å²) in [6.45, 7) is 6.65. The molecule has 1 rings (SSSR count). The van der Waals surface area contributed by atoms with Crippen LogP contribution < -0.4 is 11.3 Å². The molecule has 0 bridgehead atoms. The van der Waals surface area contributed by atoms with Gasteiger partial charge in [-0.1, -0.05) is 6.92 Å². The fourth-order valence-corrected chi connectivity index (χ4v) is 1.89. The molecule has 0 aliphatic heterocycles. The van der Waals surface area contributed by atoms with E-state index in [-0.39, 0.29) is 6.04 Å². The molecule has 0 amide bonds. The Balaban J connectivity index is 2.50. The van der Waals surface area contributed by atoms with Gasteiger partial charge in [0, 0.05) is 26.0 Å². The summed E-state index contributed by atoms with van der Waals surface area (Å²) in [5.41, 5.74) is 4.02. The van der Waals surface area contributed by atoms with Crippen molar-refractivity contribution in [3.8, 4) is 0 Å². The zero-order chi connectivity index (χ0) is 12.5. The molecule has 0 aliphatic carbocycles. The van der Waals surface area contributed by atoms with E-state index in [1.807, 2.05) is 23.9 Å². The maximum absolute atomic E-state index is 5.61. The van der Waals surface area contributed by atoms with Crippen molar-refractivity contribution in [2.24, 2.45) is 5.84 Å². The minimum atomic E-state index is 0.157. The van der Waals surface area contributed by atoms with E-state index in [0.29, 0.717) is 0 Å². The average molecular weight is 240 g/mol. The summed E-state index contributed by atoms with van der Waals surface area (Å²) in [6, 6.07) is 2.19. The minimum absolute atomic E-state index is 0.157. The Morgan fingerprint density at radius 1 is 1.53 bits per heavy atom. The Morgan fingerprint density at radius 3 is 3.00 bits per heavy atom. The molecule has 1 aromatic rings. The van der Waals surface area contributed by atoms with Gasteiger partial charge >= 0.3 is 0 Å². The SMILES string of the molecule is CCCn1nccc1C(CCCOCC)NN. The van der Waals surface area contributed by atoms with Crippen LogP contribution in [0.15, 0.2) is 12.3 Å². The van der Waals surface area contributed by atoms with Crippen molar-refractivity contribution in [3.05, 3.63) is 18.0 Å². The first-order valence-corrected chi connectivity index (χ1v) is 6.39. The Labute approximate surface area is 103 Å². The lowest BCUT2D eigenvalue weighted by atomic mass is 10.1. The number of ether oxygens (including phenoxy) is 1. The predicted octanol–water partition coefficient (Wildman–Crippen LogP) is 1.61. The minimum Gasteiger partial charge on any atom is -0.382 e. The van der Waals surface area contributed by atoms with Crippen LogP contribution in [0.25, 0.3) is 0 Å². The van der Waals surface area contributed by atoms with Crippen molar-refractivity contribution < 1.29 is 4.74 Å². The zero-order valence-electron chi connectivity index (χ0n) is 10.9. The number of rotatable bonds is 9. The summed E-state index contributed by atoms with van der Waals surface area (Å²) in [5.74, 6) is 5.61. The van der Waals surface area contributed by atoms with Crippen molar-refractivity contribution in [2.75, 3.05) is 13.2 Å². The van der Waals surface area contributed by atoms with Crippen molar-refractivity contribution >= 4 is 0 Å². The van der Waals surface area contributed by atoms with Gasteiger partial charge in [-0.3, -0.25) is 16.0 Å². The summed E-state index contributed by atoms with van der Waals surface area (Å²) >= 11 is 0. The molecule has 98 valence electrons. The summed E-state index contributed by atoms with van der Waals surface area (Å²) < 4.78 is 7.35. The number of nitrogens with two attached hydrogens (primary N) is 1. The van der Waals surface area contributed by atoms with Gasteiger partial charge in [0.05, 0.1) is 11.7 Å². The van der Waals surface area contributed by atoms with Crippen LogP contribution in [0.5, 0.6) is 0 Å². The third-order valence-corrected chi connectivity index (χ3v) is 2.73. The number of nitrogens with zero attached hydrogens (tertiary/aromatic N) is 2. The number of hydrazine groups is 1. The van der Waals surface area contributed by atoms with Crippen molar-refractivity contribution in [1.82, 2.24) is 15.2 Å². The normalized spacial score (nSPS) is 12.9. The number of hydrogen-bond acceptors (Lipinski definition) is 4. The third-order valence-electron chi connectivity index (χ3n) is 2.73. The van der Waals surface area contributed by atoms with E-state index in [9.17, 15) is 0 Å². The van der Waals surface area contributed by atoms with Gasteiger partial charge < -0.3 is 4.74 Å². The Hall–Kier alpha value is -0.910. The Kier molecular flexibility index (Phi) is 6.84. The molecule has 17 heavy (non-hydrogen) atoms. The van der Waals surface area contributed by atoms with E-state index in [0.717, 1.165) is 44.7 Å². The van der Waals surface area contributed by atoms with E-state index >= 15 is 0 Å². The molecule has 1 heterocycles. The van der Waals surface area contributed by atoms with Gasteiger partial charge in [-0.15, -0.1) is 0 Å². The lowest BCUT2D eigenvalue weighted by Crippen LogP contribution is -2.30. The lowest BCUT2D eigenvalue weighted by molar-refractivity contribution is 0.140. The van der Waals surface area contributed by atoms with Crippen LogP contribution in [0.4, 0.5) is 0 Å². The Morgan fingerprint density at radius 2 is 2.35 bits per heavy atom. The fraction of sp³-hybridized carbons (Fsp3) is 0.750. The standard InChI is InChI=1S/C12H24N4O/c1-3-9-16-12(7-8-14-16)11(15-13)6-5-10-17-4-2/h7-8,11,15H,3-6,9-10,13H2,1-2H3. The second-order valence-corrected chi connectivity index (χ2v) is 4.04. The molecule has 1 aromatic heterocycles. The quantitative estimate of drug-likeness (QED) is 0.391. The monoisotopic (exact) mass is 240 g/mol. The second-order valence-electron chi connectivity index (χ2n) is 4.04. The van der Waals surface area contributed by atoms with Gasteiger partial charge in [-0.05, 0) is 32.3 Å². The number of aryl methyl sites for hydroxylation is 1. The summed E-state index contributed by atoms with van der Waals surface area (Å²) in [5, 5.41) is 4.31. The lowest BCUT2D eigenvalue weighted by Gasteiger charge is -2.17. The highest BCUT2D eigenvalue weighted by molar-refractivity contribution is 5.06. The molecule has 0 saturated heterocycles. The molecule has 5 nitrogen and oxygen atoms in total. The van der Waals surface area contributed by atoms with Gasteiger partial charge in [-0.25, -0.2) is 0 Å². The maximum atomic E-state index is 5.61. The molecule has 1 unspecified atom stereocenters. The fourth-order valence-electron chi connectivity index (χ4n) is 1.89. The first kappa shape index (κ1) is 14.2. The predicted molar refractivity (Wildman–Crippen MR) is 68.3 cm³/mol. The zero-order valence-corrected chi connectivity index (χ0v) is 10.9. The number of hydrogen-bond donors (Lipinski definition) is 2. The third kappa shape index (κ3) is 4.46. The first-order valence-electron chi connectivity index (χ1n) is 6.39. The molecule has 0 saturated carbocycles. The smallest absolute Gasteiger partial charge is 0.0629 e. The number of aromatic nitrogens is 2. The van der Waals surface area contributed by atoms with Crippen molar-refractivity contribution in [2.45, 2.75) is 45.7 Å². The van der Waals surface area contributed by atoms with Crippen LogP contribution in [-0.4, -0.2) is 23.0 Å². The van der Waals surface area contributed by atoms with E-state index in [1.54, 1.807) is 0 Å². The van der Waals surface area contributed by atoms with Gasteiger partial charge in [0.1, 0.15) is 0 Å². The van der Waals surface area contributed by atoms with Gasteiger partial charge in [0.15, 0.2) is 0 Å². The van der Waals surface area contributed by atoms with Crippen molar-refractivity contribution in [3.63, 3.8) is 0 Å². The van der Waals surface area contributed by atoms with Crippen LogP contribution in [0, 0.1) is 0 Å². The molecule has 1 atom stereocenters. The van der Waals surface area contributed by atoms with Gasteiger partial charge in [0.2, 0.25) is 0 Å². The average Bonchev–Trinajstić information content (AvgIpc) is 2.78. The molecule has 0 radical (unpaired) electrons. The summed E-state index contributed by atoms with van der Waals surface area (Å²) in [4.78, 5) is 0. The summed E-state index contributed by atoms with van der Waals surface area (Å²) in [7, 11) is 0. The van der Waals surface area contributed by atoms with Crippen molar-refractivity contribution in [1.29, 1.82) is 0 Å². The first-order chi connectivity index (χ1) is 8.33. The molecule has 0 aromatic carbocycles.